The summed E-state index contributed by atoms with van der Waals surface area (Å²) in [5, 5.41) is 119. The zero-order valence-electron chi connectivity index (χ0n) is 51.7. The lowest BCUT2D eigenvalue weighted by Crippen LogP contribution is -2.66. The monoisotopic (exact) mass is 1230 g/mol. The van der Waals surface area contributed by atoms with Gasteiger partial charge in [-0.2, -0.15) is 0 Å². The van der Waals surface area contributed by atoms with Crippen LogP contribution in [-0.2, 0) is 33.2 Å². The van der Waals surface area contributed by atoms with E-state index in [1.54, 1.807) is 12.2 Å². The topological polar surface area (TPSA) is 307 Å². The van der Waals surface area contributed by atoms with Crippen molar-refractivity contribution in [2.24, 2.45) is 0 Å². The van der Waals surface area contributed by atoms with Crippen molar-refractivity contribution in [3.8, 4) is 0 Å². The van der Waals surface area contributed by atoms with E-state index in [0.29, 0.717) is 12.8 Å². The Labute approximate surface area is 518 Å². The number of carbonyl (C=O) groups is 1. The standard InChI is InChI=1S/C68H109NO18/c1-3-5-7-8-9-10-11-12-13-14-15-16-17-18-19-20-21-22-23-24-25-26-27-28-29-30-31-32-33-34-35-36-37-38-39-40-41-42-44-46-56(74)69-51(52(73)45-43-6-4-2)50-82-66-62(80)59(77)64(54(48-71)84-66)87-68-63(81)60(78)65(55(49-72)85-68)86-67-61(79)58(76)57(75)53(47-70)83-67/h5,7,9-10,12-13,15-16,18-19,21-22,24-25,27-28,30-31,33-34,43,45,51-55,57-68,70-73,75-81H,3-4,6,8,11,14,17,20,23,26,29,32,35-42,44,46-50H2,1-2H3,(H,69,74)/b7-5-,10-9-,13-12-,16-15-,19-18-,22-21-,25-24-,28-27-,31-30-,34-33-,45-43+. The Bertz CT molecular complexity index is 2100. The molecule has 3 aliphatic rings. The molecule has 494 valence electrons. The van der Waals surface area contributed by atoms with Crippen LogP contribution in [0.1, 0.15) is 155 Å². The number of unbranched alkanes of at least 4 members (excludes halogenated alkanes) is 9. The van der Waals surface area contributed by atoms with Gasteiger partial charge in [-0.25, -0.2) is 0 Å². The summed E-state index contributed by atoms with van der Waals surface area (Å²) in [6, 6.07) is -0.982. The third kappa shape index (κ3) is 31.5. The lowest BCUT2D eigenvalue weighted by atomic mass is 9.96. The van der Waals surface area contributed by atoms with Crippen LogP contribution in [0.4, 0.5) is 0 Å². The molecular weight excluding hydrogens is 1120 g/mol. The number of ether oxygens (including phenoxy) is 6. The molecule has 0 spiro atoms. The molecule has 3 saturated heterocycles. The van der Waals surface area contributed by atoms with E-state index in [2.05, 4.69) is 134 Å². The number of allylic oxidation sites excluding steroid dienone is 21. The second-order valence-electron chi connectivity index (χ2n) is 22.1. The molecule has 1 amide bonds. The van der Waals surface area contributed by atoms with Crippen molar-refractivity contribution in [1.29, 1.82) is 0 Å². The van der Waals surface area contributed by atoms with Gasteiger partial charge in [-0.3, -0.25) is 4.79 Å². The highest BCUT2D eigenvalue weighted by atomic mass is 16.8. The first-order chi connectivity index (χ1) is 42.3. The van der Waals surface area contributed by atoms with Crippen LogP contribution >= 0.6 is 0 Å². The molecule has 0 aromatic carbocycles. The molecule has 0 aromatic rings. The molecule has 3 fully saturated rings. The van der Waals surface area contributed by atoms with Crippen LogP contribution in [0.25, 0.3) is 0 Å². The van der Waals surface area contributed by atoms with Crippen LogP contribution in [0.2, 0.25) is 0 Å². The van der Waals surface area contributed by atoms with Gasteiger partial charge in [-0.05, 0) is 89.9 Å². The number of nitrogens with one attached hydrogen (secondary N) is 1. The van der Waals surface area contributed by atoms with Crippen molar-refractivity contribution in [2.45, 2.75) is 259 Å². The van der Waals surface area contributed by atoms with E-state index in [0.717, 1.165) is 116 Å². The molecular formula is C68H109NO18. The Kier molecular flexibility index (Phi) is 43.2. The van der Waals surface area contributed by atoms with Gasteiger partial charge in [0, 0.05) is 6.42 Å². The maximum atomic E-state index is 13.1. The van der Waals surface area contributed by atoms with Crippen molar-refractivity contribution >= 4 is 5.91 Å². The fourth-order valence-electron chi connectivity index (χ4n) is 9.75. The molecule has 12 N–H and O–H groups in total. The minimum atomic E-state index is -1.98. The third-order valence-corrected chi connectivity index (χ3v) is 14.9. The summed E-state index contributed by atoms with van der Waals surface area (Å²) in [6.07, 6.45) is 41.6. The zero-order chi connectivity index (χ0) is 63.3. The largest absolute Gasteiger partial charge is 0.394 e. The highest BCUT2D eigenvalue weighted by Crippen LogP contribution is 2.33. The molecule has 17 unspecified atom stereocenters. The Morgan fingerprint density at radius 3 is 1.22 bits per heavy atom. The zero-order valence-corrected chi connectivity index (χ0v) is 51.7. The van der Waals surface area contributed by atoms with E-state index < -0.39 is 124 Å². The molecule has 19 heteroatoms. The van der Waals surface area contributed by atoms with Crippen LogP contribution in [0.15, 0.2) is 134 Å². The number of aliphatic hydroxyl groups excluding tert-OH is 11. The van der Waals surface area contributed by atoms with Gasteiger partial charge in [0.2, 0.25) is 5.91 Å². The minimum absolute atomic E-state index is 0.221. The second kappa shape index (κ2) is 48.7. The Balaban J connectivity index is 1.25. The molecule has 87 heavy (non-hydrogen) atoms. The van der Waals surface area contributed by atoms with E-state index >= 15 is 0 Å². The van der Waals surface area contributed by atoms with Crippen LogP contribution in [-0.4, -0.2) is 193 Å². The SMILES string of the molecule is CC/C=C\C/C=C\C/C=C\C/C=C\C/C=C\C/C=C\C/C=C\C/C=C\C/C=C\C/C=C\CCCCCCCCCCC(=O)NC(COC1OC(CO)C(OC2OC(CO)C(OC3OC(CO)C(O)C(O)C3O)C(O)C2O)C(O)C1O)C(O)/C=C/CCC. The molecule has 19 nitrogen and oxygen atoms in total. The molecule has 0 aliphatic carbocycles. The van der Waals surface area contributed by atoms with Gasteiger partial charge in [0.1, 0.15) is 73.2 Å². The number of hydrogen-bond acceptors (Lipinski definition) is 18. The van der Waals surface area contributed by atoms with Crippen molar-refractivity contribution in [2.75, 3.05) is 26.4 Å². The van der Waals surface area contributed by atoms with Gasteiger partial charge in [0.15, 0.2) is 18.9 Å². The number of carbonyl (C=O) groups excluding carboxylic acids is 1. The predicted molar refractivity (Wildman–Crippen MR) is 336 cm³/mol. The van der Waals surface area contributed by atoms with Crippen LogP contribution in [0.5, 0.6) is 0 Å². The van der Waals surface area contributed by atoms with E-state index in [1.807, 2.05) is 6.92 Å². The summed E-state index contributed by atoms with van der Waals surface area (Å²) < 4.78 is 34.0. The fraction of sp³-hybridized carbons (Fsp3) is 0.662. The maximum Gasteiger partial charge on any atom is 0.220 e. The number of hydrogen-bond donors (Lipinski definition) is 12. The van der Waals surface area contributed by atoms with E-state index in [4.69, 9.17) is 28.4 Å². The Morgan fingerprint density at radius 2 is 0.793 bits per heavy atom. The van der Waals surface area contributed by atoms with E-state index in [-0.39, 0.29) is 18.9 Å². The van der Waals surface area contributed by atoms with Gasteiger partial charge in [-0.1, -0.05) is 192 Å². The molecule has 0 saturated carbocycles. The van der Waals surface area contributed by atoms with Gasteiger partial charge in [0.25, 0.3) is 0 Å². The first-order valence-corrected chi connectivity index (χ1v) is 31.9. The first kappa shape index (κ1) is 77.2. The Hall–Kier alpha value is -4.07. The lowest BCUT2D eigenvalue weighted by molar-refractivity contribution is -0.379. The predicted octanol–water partition coefficient (Wildman–Crippen LogP) is 7.04. The number of rotatable bonds is 45. The second-order valence-corrected chi connectivity index (χ2v) is 22.1. The minimum Gasteiger partial charge on any atom is -0.394 e. The summed E-state index contributed by atoms with van der Waals surface area (Å²) in [4.78, 5) is 13.1. The highest BCUT2D eigenvalue weighted by molar-refractivity contribution is 5.76. The van der Waals surface area contributed by atoms with Crippen LogP contribution in [0, 0.1) is 0 Å². The van der Waals surface area contributed by atoms with Crippen molar-refractivity contribution in [1.82, 2.24) is 5.32 Å². The third-order valence-electron chi connectivity index (χ3n) is 14.9. The molecule has 3 rings (SSSR count). The van der Waals surface area contributed by atoms with Gasteiger partial charge in [0.05, 0.1) is 38.6 Å². The summed E-state index contributed by atoms with van der Waals surface area (Å²) in [5.74, 6) is -0.304. The summed E-state index contributed by atoms with van der Waals surface area (Å²) in [6.45, 7) is 1.32. The average Bonchev–Trinajstić information content (AvgIpc) is 1.25. The van der Waals surface area contributed by atoms with Gasteiger partial charge < -0.3 is 89.9 Å². The molecule has 3 heterocycles. The smallest absolute Gasteiger partial charge is 0.220 e. The normalized spacial score (nSPS) is 29.5. The van der Waals surface area contributed by atoms with E-state index in [9.17, 15) is 61.0 Å². The lowest BCUT2D eigenvalue weighted by Gasteiger charge is -2.48. The highest BCUT2D eigenvalue weighted by Gasteiger charge is 2.53. The fourth-order valence-corrected chi connectivity index (χ4v) is 9.75. The molecule has 0 aromatic heterocycles. The average molecular weight is 1230 g/mol. The summed E-state index contributed by atoms with van der Waals surface area (Å²) in [7, 11) is 0. The molecule has 17 atom stereocenters. The van der Waals surface area contributed by atoms with E-state index in [1.165, 1.54) is 6.42 Å². The molecule has 3 aliphatic heterocycles. The molecule has 0 bridgehead atoms. The van der Waals surface area contributed by atoms with Crippen molar-refractivity contribution < 1.29 is 89.4 Å². The number of amides is 1. The maximum absolute atomic E-state index is 13.1. The summed E-state index contributed by atoms with van der Waals surface area (Å²) in [5.41, 5.74) is 0. The Morgan fingerprint density at radius 1 is 0.425 bits per heavy atom. The molecule has 0 radical (unpaired) electrons. The van der Waals surface area contributed by atoms with Crippen molar-refractivity contribution in [3.05, 3.63) is 134 Å². The first-order valence-electron chi connectivity index (χ1n) is 31.9. The summed E-state index contributed by atoms with van der Waals surface area (Å²) >= 11 is 0. The quantitative estimate of drug-likeness (QED) is 0.0215. The van der Waals surface area contributed by atoms with Crippen LogP contribution in [0.3, 0.4) is 0 Å². The number of aliphatic hydroxyl groups is 11. The van der Waals surface area contributed by atoms with Crippen molar-refractivity contribution in [3.63, 3.8) is 0 Å². The van der Waals surface area contributed by atoms with Crippen LogP contribution < -0.4 is 5.32 Å². The van der Waals surface area contributed by atoms with Gasteiger partial charge >= 0.3 is 0 Å². The van der Waals surface area contributed by atoms with Gasteiger partial charge in [-0.15, -0.1) is 0 Å².